The average Bonchev–Trinajstić information content (AvgIpc) is 3.51. The predicted molar refractivity (Wildman–Crippen MR) is 157 cm³/mol. The molecule has 0 bridgehead atoms. The number of fused-ring (bicyclic) bond motifs is 7. The quantitative estimate of drug-likeness (QED) is 0.225. The Bertz CT molecular complexity index is 1800. The fraction of sp³-hybridized carbons (Fsp3) is 0.429. The molecule has 0 spiro atoms. The number of benzene rings is 3. The van der Waals surface area contributed by atoms with Gasteiger partial charge in [0, 0.05) is 23.6 Å². The zero-order valence-corrected chi connectivity index (χ0v) is 23.7. The Kier molecular flexibility index (Phi) is 4.88. The van der Waals surface area contributed by atoms with Crippen molar-refractivity contribution < 1.29 is 10.5 Å². The van der Waals surface area contributed by atoms with Gasteiger partial charge >= 0.3 is 0 Å². The van der Waals surface area contributed by atoms with E-state index in [1.165, 1.54) is 33.7 Å². The van der Waals surface area contributed by atoms with Crippen molar-refractivity contribution in [2.45, 2.75) is 89.9 Å². The molecule has 1 fully saturated rings. The molecular weight excluding hydrogens is 464 g/mol. The van der Waals surface area contributed by atoms with Gasteiger partial charge in [-0.25, -0.2) is 0 Å². The van der Waals surface area contributed by atoms with Crippen molar-refractivity contribution in [3.63, 3.8) is 0 Å². The number of nitrogens with zero attached hydrogens (tertiary/aromatic N) is 2. The smallest absolute Gasteiger partial charge is 0.243 e. The van der Waals surface area contributed by atoms with Crippen molar-refractivity contribution in [3.8, 4) is 11.3 Å². The van der Waals surface area contributed by atoms with Crippen LogP contribution in [0.5, 0.6) is 0 Å². The Morgan fingerprint density at radius 1 is 0.921 bits per heavy atom. The molecule has 0 N–H and O–H groups in total. The van der Waals surface area contributed by atoms with Crippen LogP contribution in [-0.4, -0.2) is 5.10 Å². The molecule has 3 nitrogen and oxygen atoms in total. The van der Waals surface area contributed by atoms with Gasteiger partial charge in [-0.15, -0.1) is 0 Å². The van der Waals surface area contributed by atoms with Gasteiger partial charge in [-0.05, 0) is 88.1 Å². The van der Waals surface area contributed by atoms with Gasteiger partial charge in [-0.2, -0.15) is 0 Å². The third-order valence-corrected chi connectivity index (χ3v) is 9.66. The summed E-state index contributed by atoms with van der Waals surface area (Å²) in [7, 11) is 2.00. The highest BCUT2D eigenvalue weighted by atomic mass is 16.3. The molecule has 2 aromatic heterocycles. The molecule has 5 aromatic rings. The van der Waals surface area contributed by atoms with Crippen molar-refractivity contribution in [1.29, 1.82) is 0 Å². The molecule has 7 rings (SSSR count). The highest BCUT2D eigenvalue weighted by molar-refractivity contribution is 6.18. The summed E-state index contributed by atoms with van der Waals surface area (Å²) in [4.78, 5) is 0. The third kappa shape index (κ3) is 3.40. The zero-order valence-electron chi connectivity index (χ0n) is 24.7. The number of aryl methyl sites for hydroxylation is 2. The molecule has 2 aliphatic carbocycles. The van der Waals surface area contributed by atoms with Gasteiger partial charge in [0.15, 0.2) is 7.05 Å². The Labute approximate surface area is 227 Å². The van der Waals surface area contributed by atoms with E-state index in [-0.39, 0.29) is 10.8 Å². The molecule has 38 heavy (non-hydrogen) atoms. The number of rotatable bonds is 2. The minimum atomic E-state index is -0.542. The first-order chi connectivity index (χ1) is 18.5. The molecule has 194 valence electrons. The van der Waals surface area contributed by atoms with Crippen molar-refractivity contribution in [1.82, 2.24) is 5.10 Å². The van der Waals surface area contributed by atoms with Gasteiger partial charge in [-0.1, -0.05) is 75.6 Å². The van der Waals surface area contributed by atoms with Gasteiger partial charge in [0.25, 0.3) is 0 Å². The van der Waals surface area contributed by atoms with E-state index in [2.05, 4.69) is 77.1 Å². The monoisotopic (exact) mass is 504 g/mol. The Morgan fingerprint density at radius 2 is 1.61 bits per heavy atom. The predicted octanol–water partition coefficient (Wildman–Crippen LogP) is 8.94. The van der Waals surface area contributed by atoms with Crippen LogP contribution in [0.25, 0.3) is 44.0 Å². The van der Waals surface area contributed by atoms with Crippen LogP contribution < -0.4 is 4.68 Å². The lowest BCUT2D eigenvalue weighted by Gasteiger charge is -2.42. The molecule has 0 unspecified atom stereocenters. The summed E-state index contributed by atoms with van der Waals surface area (Å²) in [6, 6.07) is 15.8. The normalized spacial score (nSPS) is 20.2. The topological polar surface area (TPSA) is 29.9 Å². The van der Waals surface area contributed by atoms with Crippen molar-refractivity contribution in [2.24, 2.45) is 7.05 Å². The first kappa shape index (κ1) is 22.8. The minimum absolute atomic E-state index is 0.0742. The molecule has 1 saturated carbocycles. The molecule has 3 heteroatoms. The minimum Gasteiger partial charge on any atom is -0.454 e. The largest absolute Gasteiger partial charge is 0.454 e. The van der Waals surface area contributed by atoms with E-state index in [0.717, 1.165) is 71.0 Å². The number of hydrogen-bond acceptors (Lipinski definition) is 2. The lowest BCUT2D eigenvalue weighted by molar-refractivity contribution is -0.720. The summed E-state index contributed by atoms with van der Waals surface area (Å²) in [5.74, 6) is -0.542. The van der Waals surface area contributed by atoms with Crippen molar-refractivity contribution >= 4 is 32.7 Å². The fourth-order valence-corrected chi connectivity index (χ4v) is 7.28. The second-order valence-electron chi connectivity index (χ2n) is 13.1. The van der Waals surface area contributed by atoms with Crippen LogP contribution in [0, 0.1) is 6.92 Å². The number of aromatic nitrogens is 2. The van der Waals surface area contributed by atoms with Gasteiger partial charge < -0.3 is 4.42 Å². The van der Waals surface area contributed by atoms with E-state index in [1.54, 1.807) is 0 Å². The zero-order chi connectivity index (χ0) is 27.3. The summed E-state index contributed by atoms with van der Waals surface area (Å²) in [6.07, 6.45) is 8.29. The van der Waals surface area contributed by atoms with Crippen LogP contribution in [0.4, 0.5) is 0 Å². The van der Waals surface area contributed by atoms with Crippen molar-refractivity contribution in [2.75, 3.05) is 0 Å². The Hall–Kier alpha value is -3.20. The second kappa shape index (κ2) is 8.15. The lowest BCUT2D eigenvalue weighted by Crippen LogP contribution is -2.36. The van der Waals surface area contributed by atoms with Crippen LogP contribution in [0.3, 0.4) is 0 Å². The van der Waals surface area contributed by atoms with E-state index in [0.29, 0.717) is 0 Å². The van der Waals surface area contributed by atoms with Gasteiger partial charge in [0.2, 0.25) is 5.69 Å². The van der Waals surface area contributed by atoms with Crippen LogP contribution in [0.2, 0.25) is 0 Å². The third-order valence-electron chi connectivity index (χ3n) is 9.66. The first-order valence-electron chi connectivity index (χ1n) is 14.8. The number of hydrogen-bond donors (Lipinski definition) is 0. The summed E-state index contributed by atoms with van der Waals surface area (Å²) in [5.41, 5.74) is 9.31. The molecule has 2 heterocycles. The molecule has 2 aliphatic rings. The highest BCUT2D eigenvalue weighted by Crippen LogP contribution is 2.51. The van der Waals surface area contributed by atoms with Gasteiger partial charge in [-0.3, -0.25) is 0 Å². The van der Waals surface area contributed by atoms with Crippen LogP contribution in [-0.2, 0) is 17.9 Å². The number of furan rings is 1. The van der Waals surface area contributed by atoms with Crippen LogP contribution in [0.1, 0.15) is 95.7 Å². The maximum absolute atomic E-state index is 9.13. The highest BCUT2D eigenvalue weighted by Gasteiger charge is 2.39. The van der Waals surface area contributed by atoms with Crippen LogP contribution >= 0.6 is 0 Å². The van der Waals surface area contributed by atoms with E-state index >= 15 is 0 Å². The summed E-state index contributed by atoms with van der Waals surface area (Å²) >= 11 is 0. The SMILES string of the molecule is [2H]C1(c2cn[n+](C)c(-c3c(C)ccc4c3oc3c4ccc4ccc5c(c43)C(C)(C)CCC5(C)C)c2)CCCC1. The molecule has 0 radical (unpaired) electrons. The van der Waals surface area contributed by atoms with Crippen molar-refractivity contribution in [3.05, 3.63) is 70.9 Å². The van der Waals surface area contributed by atoms with E-state index in [1.807, 2.05) is 17.9 Å². The maximum atomic E-state index is 9.13. The first-order valence-corrected chi connectivity index (χ1v) is 14.3. The van der Waals surface area contributed by atoms with Gasteiger partial charge in [0.05, 0.1) is 11.8 Å². The Morgan fingerprint density at radius 3 is 2.39 bits per heavy atom. The molecule has 3 aromatic carbocycles. The molecule has 0 amide bonds. The average molecular weight is 505 g/mol. The van der Waals surface area contributed by atoms with E-state index in [4.69, 9.17) is 10.9 Å². The molecule has 0 atom stereocenters. The standard InChI is InChI=1S/C35H39N2O/c1-21-11-14-25-26-15-12-23-13-16-27-31(35(4,5)18-17-34(27,2)3)30(23)33(26)38-32(25)29(21)28-19-24(20-36-37(28)6)22-9-7-8-10-22/h11-16,19-20,22H,7-10,17-18H2,1-6H3/q+1/i22D. The molecule has 0 saturated heterocycles. The summed E-state index contributed by atoms with van der Waals surface area (Å²) in [5, 5.41) is 9.58. The lowest BCUT2D eigenvalue weighted by atomic mass is 9.62. The summed E-state index contributed by atoms with van der Waals surface area (Å²) in [6.45, 7) is 11.7. The molecular formula is C35H39N2O+. The van der Waals surface area contributed by atoms with E-state index in [9.17, 15) is 0 Å². The molecule has 0 aliphatic heterocycles. The second-order valence-corrected chi connectivity index (χ2v) is 13.1. The summed E-state index contributed by atoms with van der Waals surface area (Å²) < 4.78 is 18.1. The van der Waals surface area contributed by atoms with Gasteiger partial charge in [0.1, 0.15) is 11.2 Å². The Balaban J connectivity index is 1.56. The van der Waals surface area contributed by atoms with E-state index < -0.39 is 5.89 Å². The van der Waals surface area contributed by atoms with Crippen LogP contribution in [0.15, 0.2) is 53.1 Å². The fourth-order valence-electron chi connectivity index (χ4n) is 7.28. The maximum Gasteiger partial charge on any atom is 0.243 e.